The molecule has 0 aliphatic heterocycles. The zero-order valence-electron chi connectivity index (χ0n) is 12.8. The molecule has 0 saturated heterocycles. The first-order chi connectivity index (χ1) is 10.3. The second-order valence-corrected chi connectivity index (χ2v) is 4.86. The summed E-state index contributed by atoms with van der Waals surface area (Å²) in [6.45, 7) is 3.74. The van der Waals surface area contributed by atoms with Gasteiger partial charge in [0, 0.05) is 18.3 Å². The summed E-state index contributed by atoms with van der Waals surface area (Å²) in [5.41, 5.74) is 2.41. The van der Waals surface area contributed by atoms with Crippen molar-refractivity contribution < 1.29 is 9.47 Å². The van der Waals surface area contributed by atoms with Crippen molar-refractivity contribution in [3.8, 4) is 11.5 Å². The minimum Gasteiger partial charge on any atom is -0.497 e. The first-order valence-corrected chi connectivity index (χ1v) is 7.41. The van der Waals surface area contributed by atoms with Crippen LogP contribution in [0.15, 0.2) is 48.5 Å². The molecule has 2 rings (SSSR count). The summed E-state index contributed by atoms with van der Waals surface area (Å²) in [5, 5.41) is 3.36. The van der Waals surface area contributed by atoms with Crippen LogP contribution in [0, 0.1) is 0 Å². The van der Waals surface area contributed by atoms with Crippen LogP contribution in [0.1, 0.15) is 18.9 Å². The maximum Gasteiger partial charge on any atom is 0.120 e. The number of aryl methyl sites for hydroxylation is 1. The lowest BCUT2D eigenvalue weighted by atomic mass is 10.2. The standard InChI is InChI=1S/C18H23NO2/c1-3-15-8-10-17(11-9-15)21-13-5-12-19-16-6-4-7-18(14-16)20-2/h4,6-11,14,19H,3,5,12-13H2,1-2H3. The molecule has 0 amide bonds. The van der Waals surface area contributed by atoms with Gasteiger partial charge in [0.1, 0.15) is 11.5 Å². The first-order valence-electron chi connectivity index (χ1n) is 7.41. The molecule has 0 aliphatic rings. The van der Waals surface area contributed by atoms with Crippen molar-refractivity contribution in [2.45, 2.75) is 19.8 Å². The molecule has 0 saturated carbocycles. The van der Waals surface area contributed by atoms with Gasteiger partial charge in [-0.15, -0.1) is 0 Å². The van der Waals surface area contributed by atoms with Crippen LogP contribution in [-0.2, 0) is 6.42 Å². The molecule has 0 fully saturated rings. The average molecular weight is 285 g/mol. The quantitative estimate of drug-likeness (QED) is 0.739. The van der Waals surface area contributed by atoms with Crippen molar-refractivity contribution in [3.63, 3.8) is 0 Å². The Morgan fingerprint density at radius 1 is 1.00 bits per heavy atom. The lowest BCUT2D eigenvalue weighted by Gasteiger charge is -2.09. The summed E-state index contributed by atoms with van der Waals surface area (Å²) in [6, 6.07) is 16.2. The van der Waals surface area contributed by atoms with E-state index in [2.05, 4.69) is 24.4 Å². The highest BCUT2D eigenvalue weighted by Gasteiger charge is 1.97. The van der Waals surface area contributed by atoms with E-state index in [4.69, 9.17) is 9.47 Å². The predicted octanol–water partition coefficient (Wildman–Crippen LogP) is 4.14. The molecule has 0 heterocycles. The maximum atomic E-state index is 5.72. The fraction of sp³-hybridized carbons (Fsp3) is 0.333. The summed E-state index contributed by atoms with van der Waals surface area (Å²) < 4.78 is 10.9. The van der Waals surface area contributed by atoms with Gasteiger partial charge < -0.3 is 14.8 Å². The number of ether oxygens (including phenoxy) is 2. The molecular formula is C18H23NO2. The van der Waals surface area contributed by atoms with Gasteiger partial charge in [-0.2, -0.15) is 0 Å². The monoisotopic (exact) mass is 285 g/mol. The minimum atomic E-state index is 0.711. The van der Waals surface area contributed by atoms with Gasteiger partial charge in [-0.1, -0.05) is 25.1 Å². The molecular weight excluding hydrogens is 262 g/mol. The number of hydrogen-bond acceptors (Lipinski definition) is 3. The molecule has 2 aromatic carbocycles. The SMILES string of the molecule is CCc1ccc(OCCCNc2cccc(OC)c2)cc1. The van der Waals surface area contributed by atoms with Crippen LogP contribution in [0.2, 0.25) is 0 Å². The highest BCUT2D eigenvalue weighted by molar-refractivity contribution is 5.48. The van der Waals surface area contributed by atoms with Crippen molar-refractivity contribution in [3.05, 3.63) is 54.1 Å². The van der Waals surface area contributed by atoms with Crippen molar-refractivity contribution in [1.29, 1.82) is 0 Å². The van der Waals surface area contributed by atoms with E-state index in [1.54, 1.807) is 7.11 Å². The Morgan fingerprint density at radius 2 is 1.81 bits per heavy atom. The van der Waals surface area contributed by atoms with E-state index in [-0.39, 0.29) is 0 Å². The van der Waals surface area contributed by atoms with Crippen LogP contribution in [-0.4, -0.2) is 20.3 Å². The molecule has 0 aliphatic carbocycles. The Kier molecular flexibility index (Phi) is 5.95. The lowest BCUT2D eigenvalue weighted by Crippen LogP contribution is -2.07. The van der Waals surface area contributed by atoms with Gasteiger partial charge in [-0.25, -0.2) is 0 Å². The van der Waals surface area contributed by atoms with Crippen LogP contribution in [0.3, 0.4) is 0 Å². The highest BCUT2D eigenvalue weighted by atomic mass is 16.5. The van der Waals surface area contributed by atoms with Gasteiger partial charge in [-0.05, 0) is 42.7 Å². The molecule has 0 spiro atoms. The summed E-state index contributed by atoms with van der Waals surface area (Å²) in [6.07, 6.45) is 2.01. The van der Waals surface area contributed by atoms with Gasteiger partial charge in [0.05, 0.1) is 13.7 Å². The van der Waals surface area contributed by atoms with Crippen molar-refractivity contribution in [2.24, 2.45) is 0 Å². The second-order valence-electron chi connectivity index (χ2n) is 4.86. The molecule has 2 aromatic rings. The van der Waals surface area contributed by atoms with E-state index in [9.17, 15) is 0 Å². The summed E-state index contributed by atoms with van der Waals surface area (Å²) >= 11 is 0. The predicted molar refractivity (Wildman–Crippen MR) is 87.4 cm³/mol. The fourth-order valence-electron chi connectivity index (χ4n) is 2.05. The van der Waals surface area contributed by atoms with Gasteiger partial charge in [0.15, 0.2) is 0 Å². The van der Waals surface area contributed by atoms with E-state index in [1.807, 2.05) is 36.4 Å². The van der Waals surface area contributed by atoms with E-state index < -0.39 is 0 Å². The zero-order chi connectivity index (χ0) is 14.9. The maximum absolute atomic E-state index is 5.72. The Hall–Kier alpha value is -2.16. The van der Waals surface area contributed by atoms with E-state index >= 15 is 0 Å². The highest BCUT2D eigenvalue weighted by Crippen LogP contribution is 2.16. The van der Waals surface area contributed by atoms with E-state index in [0.29, 0.717) is 6.61 Å². The molecule has 0 radical (unpaired) electrons. The Bertz CT molecular complexity index is 537. The number of rotatable bonds is 8. The van der Waals surface area contributed by atoms with Gasteiger partial charge >= 0.3 is 0 Å². The van der Waals surface area contributed by atoms with Crippen molar-refractivity contribution in [2.75, 3.05) is 25.6 Å². The zero-order valence-corrected chi connectivity index (χ0v) is 12.8. The third-order valence-corrected chi connectivity index (χ3v) is 3.32. The van der Waals surface area contributed by atoms with Crippen LogP contribution in [0.25, 0.3) is 0 Å². The lowest BCUT2D eigenvalue weighted by molar-refractivity contribution is 0.315. The van der Waals surface area contributed by atoms with Crippen LogP contribution in [0.5, 0.6) is 11.5 Å². The van der Waals surface area contributed by atoms with Crippen LogP contribution < -0.4 is 14.8 Å². The van der Waals surface area contributed by atoms with Gasteiger partial charge in [-0.3, -0.25) is 0 Å². The molecule has 3 nitrogen and oxygen atoms in total. The minimum absolute atomic E-state index is 0.711. The normalized spacial score (nSPS) is 10.2. The third-order valence-electron chi connectivity index (χ3n) is 3.32. The number of benzene rings is 2. The van der Waals surface area contributed by atoms with E-state index in [1.165, 1.54) is 5.56 Å². The number of anilines is 1. The molecule has 21 heavy (non-hydrogen) atoms. The molecule has 0 bridgehead atoms. The number of hydrogen-bond donors (Lipinski definition) is 1. The van der Waals surface area contributed by atoms with Crippen molar-refractivity contribution in [1.82, 2.24) is 0 Å². The largest absolute Gasteiger partial charge is 0.497 e. The summed E-state index contributed by atoms with van der Waals surface area (Å²) in [4.78, 5) is 0. The molecule has 0 unspecified atom stereocenters. The van der Waals surface area contributed by atoms with Gasteiger partial charge in [0.25, 0.3) is 0 Å². The Morgan fingerprint density at radius 3 is 2.52 bits per heavy atom. The first kappa shape index (κ1) is 15.2. The summed E-state index contributed by atoms with van der Waals surface area (Å²) in [7, 11) is 1.68. The molecule has 3 heteroatoms. The average Bonchev–Trinajstić information content (AvgIpc) is 2.55. The Labute approximate surface area is 126 Å². The number of methoxy groups -OCH3 is 1. The van der Waals surface area contributed by atoms with Crippen LogP contribution >= 0.6 is 0 Å². The summed E-state index contributed by atoms with van der Waals surface area (Å²) in [5.74, 6) is 1.81. The molecule has 0 atom stereocenters. The van der Waals surface area contributed by atoms with Crippen LogP contribution in [0.4, 0.5) is 5.69 Å². The van der Waals surface area contributed by atoms with E-state index in [0.717, 1.165) is 36.6 Å². The molecule has 0 aromatic heterocycles. The van der Waals surface area contributed by atoms with Crippen molar-refractivity contribution >= 4 is 5.69 Å². The molecule has 112 valence electrons. The Balaban J connectivity index is 1.67. The second kappa shape index (κ2) is 8.20. The fourth-order valence-corrected chi connectivity index (χ4v) is 2.05. The van der Waals surface area contributed by atoms with Gasteiger partial charge in [0.2, 0.25) is 0 Å². The molecule has 1 N–H and O–H groups in total. The third kappa shape index (κ3) is 5.03. The smallest absolute Gasteiger partial charge is 0.120 e. The number of nitrogens with one attached hydrogen (secondary N) is 1. The topological polar surface area (TPSA) is 30.5 Å².